The van der Waals surface area contributed by atoms with Gasteiger partial charge in [0.05, 0.1) is 18.6 Å². The molecule has 1 aliphatic rings. The number of carbonyl (C=O) groups is 1. The minimum absolute atomic E-state index is 0.00801. The molecule has 1 aromatic rings. The Morgan fingerprint density at radius 2 is 2.09 bits per heavy atom. The molecule has 0 unspecified atom stereocenters. The number of rotatable bonds is 6. The van der Waals surface area contributed by atoms with Gasteiger partial charge in [-0.1, -0.05) is 33.6 Å². The Morgan fingerprint density at radius 1 is 1.35 bits per heavy atom. The molecule has 1 amide bonds. The summed E-state index contributed by atoms with van der Waals surface area (Å²) < 4.78 is 6.15. The maximum Gasteiger partial charge on any atom is 0.267 e. The van der Waals surface area contributed by atoms with Crippen molar-refractivity contribution in [2.45, 2.75) is 65.6 Å². The molecule has 23 heavy (non-hydrogen) atoms. The second-order valence-electron chi connectivity index (χ2n) is 6.84. The summed E-state index contributed by atoms with van der Waals surface area (Å²) >= 11 is 0. The summed E-state index contributed by atoms with van der Waals surface area (Å²) in [5.41, 5.74) is 1.07. The van der Waals surface area contributed by atoms with E-state index in [-0.39, 0.29) is 30.1 Å². The van der Waals surface area contributed by atoms with Crippen LogP contribution >= 0.6 is 0 Å². The summed E-state index contributed by atoms with van der Waals surface area (Å²) in [5.74, 6) is 0.376. The molecule has 1 fully saturated rings. The van der Waals surface area contributed by atoms with Crippen molar-refractivity contribution in [2.24, 2.45) is 5.92 Å². The summed E-state index contributed by atoms with van der Waals surface area (Å²) in [5, 5.41) is 5.31. The molecule has 2 atom stereocenters. The number of aromatic nitrogens is 2. The molecule has 0 spiro atoms. The highest BCUT2D eigenvalue weighted by Gasteiger charge is 2.32. The Kier molecular flexibility index (Phi) is 6.04. The molecule has 2 rings (SSSR count). The summed E-state index contributed by atoms with van der Waals surface area (Å²) in [6, 6.07) is 0. The van der Waals surface area contributed by atoms with Crippen LogP contribution in [0.3, 0.4) is 0 Å². The van der Waals surface area contributed by atoms with Gasteiger partial charge in [0.2, 0.25) is 5.91 Å². The van der Waals surface area contributed by atoms with Gasteiger partial charge in [0, 0.05) is 24.3 Å². The number of nitrogens with one attached hydrogen (secondary N) is 2. The topological polar surface area (TPSA) is 78.2 Å². The van der Waals surface area contributed by atoms with Gasteiger partial charge in [-0.05, 0) is 19.3 Å². The maximum atomic E-state index is 12.7. The molecule has 6 heteroatoms. The molecule has 0 aliphatic carbocycles. The number of ether oxygens (including phenoxy) is 1. The summed E-state index contributed by atoms with van der Waals surface area (Å²) in [6.07, 6.45) is 3.53. The molecule has 0 aromatic carbocycles. The van der Waals surface area contributed by atoms with Crippen LogP contribution in [0.2, 0.25) is 0 Å². The van der Waals surface area contributed by atoms with Gasteiger partial charge in [-0.15, -0.1) is 0 Å². The molecule has 2 N–H and O–H groups in total. The predicted molar refractivity (Wildman–Crippen MR) is 89.5 cm³/mol. The molecule has 0 radical (unpaired) electrons. The second-order valence-corrected chi connectivity index (χ2v) is 6.84. The van der Waals surface area contributed by atoms with Crippen LogP contribution in [0.4, 0.5) is 0 Å². The lowest BCUT2D eigenvalue weighted by Crippen LogP contribution is -2.52. The smallest absolute Gasteiger partial charge is 0.267 e. The number of morpholine rings is 1. The minimum Gasteiger partial charge on any atom is -0.371 e. The van der Waals surface area contributed by atoms with E-state index in [1.165, 1.54) is 0 Å². The number of hydrogen-bond acceptors (Lipinski definition) is 3. The zero-order valence-corrected chi connectivity index (χ0v) is 14.6. The highest BCUT2D eigenvalue weighted by atomic mass is 16.5. The van der Waals surface area contributed by atoms with Crippen molar-refractivity contribution in [2.75, 3.05) is 13.1 Å². The molecule has 1 aliphatic heterocycles. The number of amides is 1. The predicted octanol–water partition coefficient (Wildman–Crippen LogP) is 2.00. The average Bonchev–Trinajstić information content (AvgIpc) is 2.84. The fraction of sp³-hybridized carbons (Fsp3) is 0.765. The Morgan fingerprint density at radius 3 is 2.65 bits per heavy atom. The van der Waals surface area contributed by atoms with Crippen molar-refractivity contribution >= 4 is 5.91 Å². The zero-order chi connectivity index (χ0) is 17.0. The highest BCUT2D eigenvalue weighted by molar-refractivity contribution is 5.79. The van der Waals surface area contributed by atoms with Crippen molar-refractivity contribution in [3.05, 3.63) is 21.6 Å². The Labute approximate surface area is 137 Å². The van der Waals surface area contributed by atoms with Crippen LogP contribution in [0.25, 0.3) is 0 Å². The van der Waals surface area contributed by atoms with Crippen molar-refractivity contribution in [3.8, 4) is 0 Å². The normalized spacial score (nSPS) is 21.9. The van der Waals surface area contributed by atoms with Crippen molar-refractivity contribution < 1.29 is 9.53 Å². The zero-order valence-electron chi connectivity index (χ0n) is 14.6. The average molecular weight is 323 g/mol. The molecule has 0 saturated carbocycles. The van der Waals surface area contributed by atoms with E-state index in [0.29, 0.717) is 24.6 Å². The van der Waals surface area contributed by atoms with Crippen molar-refractivity contribution in [1.29, 1.82) is 0 Å². The Bertz CT molecular complexity index is 576. The molecule has 0 bridgehead atoms. The van der Waals surface area contributed by atoms with Gasteiger partial charge < -0.3 is 14.7 Å². The van der Waals surface area contributed by atoms with Gasteiger partial charge >= 0.3 is 0 Å². The monoisotopic (exact) mass is 323 g/mol. The summed E-state index contributed by atoms with van der Waals surface area (Å²) in [6.45, 7) is 9.45. The summed E-state index contributed by atoms with van der Waals surface area (Å²) in [7, 11) is 0. The van der Waals surface area contributed by atoms with E-state index in [4.69, 9.17) is 4.74 Å². The minimum atomic E-state index is -0.202. The first kappa shape index (κ1) is 17.8. The third kappa shape index (κ3) is 4.47. The maximum absolute atomic E-state index is 12.7. The van der Waals surface area contributed by atoms with Gasteiger partial charge in [-0.25, -0.2) is 0 Å². The van der Waals surface area contributed by atoms with Crippen LogP contribution in [-0.2, 0) is 16.0 Å². The number of unbranched alkanes of at least 4 members (excludes halogenated alkanes) is 1. The molecule has 2 heterocycles. The highest BCUT2D eigenvalue weighted by Crippen LogP contribution is 2.21. The lowest BCUT2D eigenvalue weighted by molar-refractivity contribution is -0.149. The number of hydrogen-bond donors (Lipinski definition) is 2. The fourth-order valence-electron chi connectivity index (χ4n) is 2.98. The molecular formula is C17H29N3O3. The summed E-state index contributed by atoms with van der Waals surface area (Å²) in [4.78, 5) is 26.3. The van der Waals surface area contributed by atoms with Crippen LogP contribution in [-0.4, -0.2) is 46.3 Å². The first-order valence-corrected chi connectivity index (χ1v) is 8.61. The number of aryl methyl sites for hydroxylation is 1. The quantitative estimate of drug-likeness (QED) is 0.840. The second kappa shape index (κ2) is 7.81. The van der Waals surface area contributed by atoms with E-state index in [1.54, 1.807) is 6.92 Å². The van der Waals surface area contributed by atoms with Gasteiger partial charge in [0.25, 0.3) is 5.56 Å². The van der Waals surface area contributed by atoms with E-state index in [9.17, 15) is 9.59 Å². The van der Waals surface area contributed by atoms with Crippen LogP contribution in [0.15, 0.2) is 4.79 Å². The van der Waals surface area contributed by atoms with Crippen LogP contribution < -0.4 is 5.56 Å². The molecule has 130 valence electrons. The van der Waals surface area contributed by atoms with E-state index < -0.39 is 0 Å². The van der Waals surface area contributed by atoms with E-state index in [0.717, 1.165) is 25.0 Å². The van der Waals surface area contributed by atoms with Gasteiger partial charge in [0.1, 0.15) is 0 Å². The first-order valence-electron chi connectivity index (χ1n) is 8.61. The fourth-order valence-corrected chi connectivity index (χ4v) is 2.98. The molecule has 1 saturated heterocycles. The number of aromatic amines is 2. The molecular weight excluding hydrogens is 294 g/mol. The Balaban J connectivity index is 2.06. The first-order chi connectivity index (χ1) is 10.9. The van der Waals surface area contributed by atoms with Gasteiger partial charge in [0.15, 0.2) is 0 Å². The number of carbonyl (C=O) groups excluding carboxylic acids is 1. The number of nitrogens with zero attached hydrogens (tertiary/aromatic N) is 1. The molecule has 6 nitrogen and oxygen atoms in total. The standard InChI is InChI=1S/C17H29N3O3/c1-5-6-7-13-9-20(10-15(23-13)11(2)3)16(21)8-14-12(4)18-19-17(14)22/h11,13,15H,5-10H2,1-4H3,(H2,18,19,22)/t13-,15-/m1/s1. The van der Waals surface area contributed by atoms with E-state index in [1.807, 2.05) is 4.90 Å². The lowest BCUT2D eigenvalue weighted by atomic mass is 10.0. The van der Waals surface area contributed by atoms with Crippen molar-refractivity contribution in [3.63, 3.8) is 0 Å². The lowest BCUT2D eigenvalue weighted by Gasteiger charge is -2.40. The Hall–Kier alpha value is -1.56. The largest absolute Gasteiger partial charge is 0.371 e. The molecule has 1 aromatic heterocycles. The third-order valence-corrected chi connectivity index (χ3v) is 4.59. The van der Waals surface area contributed by atoms with E-state index >= 15 is 0 Å². The SMILES string of the molecule is CCCC[C@@H]1CN(C(=O)Cc2c(C)[nH][nH]c2=O)C[C@H](C(C)C)O1. The van der Waals surface area contributed by atoms with Gasteiger partial charge in [-0.2, -0.15) is 0 Å². The van der Waals surface area contributed by atoms with E-state index in [2.05, 4.69) is 31.0 Å². The third-order valence-electron chi connectivity index (χ3n) is 4.59. The van der Waals surface area contributed by atoms with Crippen LogP contribution in [0.1, 0.15) is 51.3 Å². The van der Waals surface area contributed by atoms with Crippen LogP contribution in [0.5, 0.6) is 0 Å². The van der Waals surface area contributed by atoms with Crippen molar-refractivity contribution in [1.82, 2.24) is 15.1 Å². The van der Waals surface area contributed by atoms with Crippen LogP contribution in [0, 0.1) is 12.8 Å². The van der Waals surface area contributed by atoms with Gasteiger partial charge in [-0.3, -0.25) is 14.7 Å². The number of H-pyrrole nitrogens is 2.